The van der Waals surface area contributed by atoms with Crippen LogP contribution in [0.5, 0.6) is 0 Å². The summed E-state index contributed by atoms with van der Waals surface area (Å²) in [5.41, 5.74) is 2.77. The van der Waals surface area contributed by atoms with Gasteiger partial charge in [0.25, 0.3) is 0 Å². The third-order valence-electron chi connectivity index (χ3n) is 3.43. The summed E-state index contributed by atoms with van der Waals surface area (Å²) in [4.78, 5) is 36.4. The first-order valence-corrected chi connectivity index (χ1v) is 10.5. The van der Waals surface area contributed by atoms with Crippen LogP contribution in [0.3, 0.4) is 0 Å². The minimum atomic E-state index is -4.89. The van der Waals surface area contributed by atoms with Crippen molar-refractivity contribution in [2.75, 3.05) is 0 Å². The van der Waals surface area contributed by atoms with Crippen LogP contribution in [0.4, 0.5) is 0 Å². The smallest absolute Gasteiger partial charge is 0.324 e. The van der Waals surface area contributed by atoms with Gasteiger partial charge in [0.15, 0.2) is 5.40 Å². The van der Waals surface area contributed by atoms with E-state index in [-0.39, 0.29) is 0 Å². The zero-order valence-electron chi connectivity index (χ0n) is 12.6. The Labute approximate surface area is 139 Å². The van der Waals surface area contributed by atoms with Gasteiger partial charge in [0.05, 0.1) is 0 Å². The van der Waals surface area contributed by atoms with Gasteiger partial charge in [-0.05, 0) is 29.2 Å². The summed E-state index contributed by atoms with van der Waals surface area (Å²) in [6.07, 6.45) is 2.54. The molecule has 0 saturated carbocycles. The van der Waals surface area contributed by atoms with Gasteiger partial charge in [-0.3, -0.25) is 9.13 Å². The molecule has 0 aliphatic rings. The molecule has 0 aromatic heterocycles. The lowest BCUT2D eigenvalue weighted by Gasteiger charge is -2.17. The van der Waals surface area contributed by atoms with Crippen LogP contribution in [0.1, 0.15) is 12.0 Å². The van der Waals surface area contributed by atoms with Gasteiger partial charge in [0, 0.05) is 0 Å². The second-order valence-electron chi connectivity index (χ2n) is 5.29. The normalized spacial score (nSPS) is 12.9. The minimum absolute atomic E-state index is 0.413. The Morgan fingerprint density at radius 3 is 2.00 bits per heavy atom. The van der Waals surface area contributed by atoms with Crippen LogP contribution in [-0.2, 0) is 9.13 Å². The molecule has 2 aromatic carbocycles. The van der Waals surface area contributed by atoms with Crippen molar-refractivity contribution >= 4 is 21.3 Å². The van der Waals surface area contributed by atoms with E-state index in [1.807, 2.05) is 48.5 Å². The highest BCUT2D eigenvalue weighted by Gasteiger charge is 2.42. The number of allylic oxidation sites excluding steroid dienone is 1. The van der Waals surface area contributed by atoms with Crippen molar-refractivity contribution in [3.8, 4) is 11.1 Å². The lowest BCUT2D eigenvalue weighted by molar-refractivity contribution is 0.339. The van der Waals surface area contributed by atoms with Gasteiger partial charge in [-0.15, -0.1) is 0 Å². The zero-order chi connectivity index (χ0) is 17.8. The molecule has 0 heterocycles. The second kappa shape index (κ2) is 7.58. The van der Waals surface area contributed by atoms with E-state index < -0.39 is 27.0 Å². The number of benzene rings is 2. The summed E-state index contributed by atoms with van der Waals surface area (Å²) >= 11 is 0. The Bertz CT molecular complexity index is 784. The summed E-state index contributed by atoms with van der Waals surface area (Å²) in [5, 5.41) is -2.02. The Morgan fingerprint density at radius 2 is 1.42 bits per heavy atom. The van der Waals surface area contributed by atoms with Gasteiger partial charge in [0.2, 0.25) is 0 Å². The first-order valence-electron chi connectivity index (χ1n) is 7.10. The maximum absolute atomic E-state index is 11.2. The molecule has 8 heteroatoms. The first-order chi connectivity index (χ1) is 11.2. The van der Waals surface area contributed by atoms with Crippen LogP contribution in [0.25, 0.3) is 17.2 Å². The lowest BCUT2D eigenvalue weighted by Crippen LogP contribution is -2.07. The molecule has 0 saturated heterocycles. The molecule has 24 heavy (non-hydrogen) atoms. The fourth-order valence-corrected chi connectivity index (χ4v) is 4.61. The summed E-state index contributed by atoms with van der Waals surface area (Å²) in [5.74, 6) is 0. The Hall–Kier alpha value is -1.52. The van der Waals surface area contributed by atoms with E-state index in [1.54, 1.807) is 12.1 Å². The summed E-state index contributed by atoms with van der Waals surface area (Å²) in [6, 6.07) is 17.1. The molecular formula is C16H18O6P2. The van der Waals surface area contributed by atoms with Crippen LogP contribution < -0.4 is 0 Å². The molecule has 0 aliphatic heterocycles. The number of hydrogen-bond donors (Lipinski definition) is 4. The van der Waals surface area contributed by atoms with Crippen molar-refractivity contribution in [3.05, 3.63) is 66.2 Å². The van der Waals surface area contributed by atoms with E-state index in [2.05, 4.69) is 0 Å². The van der Waals surface area contributed by atoms with Crippen molar-refractivity contribution in [1.82, 2.24) is 0 Å². The van der Waals surface area contributed by atoms with Crippen LogP contribution in [0.2, 0.25) is 0 Å². The second-order valence-corrected chi connectivity index (χ2v) is 9.30. The molecule has 4 N–H and O–H groups in total. The Morgan fingerprint density at radius 1 is 0.833 bits per heavy atom. The highest BCUT2D eigenvalue weighted by atomic mass is 31.2. The maximum atomic E-state index is 11.2. The number of rotatable bonds is 6. The van der Waals surface area contributed by atoms with E-state index >= 15 is 0 Å². The monoisotopic (exact) mass is 368 g/mol. The zero-order valence-corrected chi connectivity index (χ0v) is 14.4. The molecule has 0 aliphatic carbocycles. The van der Waals surface area contributed by atoms with Crippen LogP contribution in [0.15, 0.2) is 60.7 Å². The Balaban J connectivity index is 2.18. The molecule has 0 bridgehead atoms. The molecule has 0 amide bonds. The van der Waals surface area contributed by atoms with Crippen molar-refractivity contribution in [1.29, 1.82) is 0 Å². The van der Waals surface area contributed by atoms with Crippen molar-refractivity contribution in [3.63, 3.8) is 0 Å². The number of hydrogen-bond acceptors (Lipinski definition) is 2. The predicted octanol–water partition coefficient (Wildman–Crippen LogP) is 3.44. The van der Waals surface area contributed by atoms with Crippen molar-refractivity contribution in [2.24, 2.45) is 0 Å². The Kier molecular flexibility index (Phi) is 5.94. The molecule has 2 aromatic rings. The third-order valence-corrected chi connectivity index (χ3v) is 7.21. The molecular weight excluding hydrogens is 350 g/mol. The quantitative estimate of drug-likeness (QED) is 0.581. The summed E-state index contributed by atoms with van der Waals surface area (Å²) < 4.78 is 22.5. The van der Waals surface area contributed by atoms with Crippen LogP contribution >= 0.6 is 15.2 Å². The largest absolute Gasteiger partial charge is 0.341 e. The molecule has 0 radical (unpaired) electrons. The topological polar surface area (TPSA) is 115 Å². The molecule has 0 spiro atoms. The van der Waals surface area contributed by atoms with Crippen LogP contribution in [0, 0.1) is 0 Å². The average Bonchev–Trinajstić information content (AvgIpc) is 2.50. The van der Waals surface area contributed by atoms with Crippen LogP contribution in [-0.4, -0.2) is 25.0 Å². The van der Waals surface area contributed by atoms with E-state index in [1.165, 1.54) is 6.08 Å². The lowest BCUT2D eigenvalue weighted by atomic mass is 10.0. The highest BCUT2D eigenvalue weighted by molar-refractivity contribution is 7.70. The fraction of sp³-hybridized carbons (Fsp3) is 0.125. The van der Waals surface area contributed by atoms with Gasteiger partial charge in [0.1, 0.15) is 0 Å². The third kappa shape index (κ3) is 5.25. The molecule has 0 fully saturated rings. The SMILES string of the molecule is O=P(O)(O)C(CC=Cc1cccc(-c2ccccc2)c1)P(=O)(O)O. The summed E-state index contributed by atoms with van der Waals surface area (Å²) in [7, 11) is -9.78. The van der Waals surface area contributed by atoms with Gasteiger partial charge >= 0.3 is 15.2 Å². The highest BCUT2D eigenvalue weighted by Crippen LogP contribution is 2.61. The van der Waals surface area contributed by atoms with E-state index in [0.29, 0.717) is 0 Å². The molecule has 0 atom stereocenters. The van der Waals surface area contributed by atoms with Gasteiger partial charge in [-0.1, -0.05) is 60.7 Å². The van der Waals surface area contributed by atoms with E-state index in [4.69, 9.17) is 19.6 Å². The first kappa shape index (κ1) is 18.8. The minimum Gasteiger partial charge on any atom is -0.324 e. The van der Waals surface area contributed by atoms with Gasteiger partial charge in [-0.2, -0.15) is 0 Å². The average molecular weight is 368 g/mol. The standard InChI is InChI=1S/C16H18O6P2/c17-23(18,19)16(24(20,21)22)11-5-7-13-6-4-10-15(12-13)14-8-2-1-3-9-14/h1-10,12,16H,11H2,(H2,17,18,19)(H2,20,21,22). The van der Waals surface area contributed by atoms with E-state index in [0.717, 1.165) is 16.7 Å². The predicted molar refractivity (Wildman–Crippen MR) is 93.4 cm³/mol. The van der Waals surface area contributed by atoms with Gasteiger partial charge in [-0.25, -0.2) is 0 Å². The molecule has 128 valence electrons. The molecule has 6 nitrogen and oxygen atoms in total. The summed E-state index contributed by atoms with van der Waals surface area (Å²) in [6.45, 7) is 0. The maximum Gasteiger partial charge on any atom is 0.341 e. The molecule has 0 unspecified atom stereocenters. The van der Waals surface area contributed by atoms with Crippen molar-refractivity contribution < 1.29 is 28.7 Å². The van der Waals surface area contributed by atoms with Crippen molar-refractivity contribution in [2.45, 2.75) is 11.8 Å². The fourth-order valence-electron chi connectivity index (χ4n) is 2.25. The van der Waals surface area contributed by atoms with Gasteiger partial charge < -0.3 is 19.6 Å². The molecule has 2 rings (SSSR count). The van der Waals surface area contributed by atoms with E-state index in [9.17, 15) is 9.13 Å².